The fourth-order valence-corrected chi connectivity index (χ4v) is 11.0. The summed E-state index contributed by atoms with van der Waals surface area (Å²) in [4.78, 5) is 5.18. The molecule has 1 aliphatic heterocycles. The van der Waals surface area contributed by atoms with Crippen molar-refractivity contribution in [1.82, 2.24) is 4.57 Å². The normalized spacial score (nSPS) is 15.0. The Morgan fingerprint density at radius 3 is 2.16 bits per heavy atom. The lowest BCUT2D eigenvalue weighted by Gasteiger charge is -2.40. The molecule has 270 valence electrons. The van der Waals surface area contributed by atoms with Gasteiger partial charge in [0.05, 0.1) is 32.7 Å². The summed E-state index contributed by atoms with van der Waals surface area (Å²) in [5, 5.41) is 2.59. The molecule has 55 heavy (non-hydrogen) atoms. The number of benzene rings is 6. The standard InChI is InChI=1S/C50H40N2S.C2H6/c1-5-18-47-35(6-2)32(4)49(53-47)44(7-3)51(33-19-9-8-10-20-33)34-29-30-37-36-21-11-13-24-40(36)50(43(37)31-34)41-25-14-16-28-46(41)52-45-27-15-12-22-38(45)39-23-17-26-42(50)48(39)52;1-2/h6-17,19-31H,2,5,18H2,1,3-4H3;1-2H3/b44-7+;. The van der Waals surface area contributed by atoms with Gasteiger partial charge in [-0.05, 0) is 101 Å². The summed E-state index contributed by atoms with van der Waals surface area (Å²) in [7, 11) is 0. The number of aryl methyl sites for hydroxylation is 1. The molecule has 0 saturated heterocycles. The van der Waals surface area contributed by atoms with Crippen molar-refractivity contribution in [2.24, 2.45) is 0 Å². The Hall–Kier alpha value is -5.90. The first kappa shape index (κ1) is 34.8. The molecule has 0 saturated carbocycles. The molecular weight excluding hydrogens is 685 g/mol. The maximum absolute atomic E-state index is 4.24. The Morgan fingerprint density at radius 1 is 0.709 bits per heavy atom. The average molecular weight is 731 g/mol. The van der Waals surface area contributed by atoms with Crippen LogP contribution in [0.5, 0.6) is 0 Å². The molecular formula is C52H46N2S. The topological polar surface area (TPSA) is 8.17 Å². The van der Waals surface area contributed by atoms with Crippen molar-refractivity contribution in [2.75, 3.05) is 4.90 Å². The second-order valence-electron chi connectivity index (χ2n) is 14.3. The van der Waals surface area contributed by atoms with Crippen molar-refractivity contribution in [3.05, 3.63) is 195 Å². The van der Waals surface area contributed by atoms with Gasteiger partial charge in [-0.25, -0.2) is 0 Å². The van der Waals surface area contributed by atoms with E-state index in [9.17, 15) is 0 Å². The summed E-state index contributed by atoms with van der Waals surface area (Å²) < 4.78 is 2.52. The maximum Gasteiger partial charge on any atom is 0.0755 e. The smallest absolute Gasteiger partial charge is 0.0755 e. The number of hydrogen-bond donors (Lipinski definition) is 0. The minimum absolute atomic E-state index is 0.510. The van der Waals surface area contributed by atoms with E-state index in [2.05, 4.69) is 188 Å². The Balaban J connectivity index is 0.00000195. The van der Waals surface area contributed by atoms with Gasteiger partial charge in [0, 0.05) is 27.0 Å². The summed E-state index contributed by atoms with van der Waals surface area (Å²) in [5.41, 5.74) is 17.3. The molecule has 8 aromatic rings. The molecule has 0 amide bonds. The fourth-order valence-electron chi connectivity index (χ4n) is 9.57. The van der Waals surface area contributed by atoms with Crippen molar-refractivity contribution < 1.29 is 0 Å². The molecule has 1 unspecified atom stereocenters. The van der Waals surface area contributed by atoms with Crippen LogP contribution in [0.1, 0.15) is 77.3 Å². The van der Waals surface area contributed by atoms with Gasteiger partial charge in [-0.15, -0.1) is 11.3 Å². The van der Waals surface area contributed by atoms with Crippen LogP contribution in [0.15, 0.2) is 152 Å². The van der Waals surface area contributed by atoms with Gasteiger partial charge in [0.25, 0.3) is 0 Å². The number of fused-ring (bicyclic) bond motifs is 12. The molecule has 0 bridgehead atoms. The highest BCUT2D eigenvalue weighted by atomic mass is 32.1. The predicted molar refractivity (Wildman–Crippen MR) is 238 cm³/mol. The quantitative estimate of drug-likeness (QED) is 0.158. The minimum Gasteiger partial charge on any atom is -0.309 e. The first-order valence-corrected chi connectivity index (χ1v) is 20.6. The summed E-state index contributed by atoms with van der Waals surface area (Å²) in [5.74, 6) is 0. The third-order valence-corrected chi connectivity index (χ3v) is 13.0. The highest BCUT2D eigenvalue weighted by Gasteiger charge is 2.51. The number of rotatable bonds is 7. The second-order valence-corrected chi connectivity index (χ2v) is 15.4. The van der Waals surface area contributed by atoms with Gasteiger partial charge in [-0.2, -0.15) is 0 Å². The molecule has 2 nitrogen and oxygen atoms in total. The van der Waals surface area contributed by atoms with E-state index >= 15 is 0 Å². The predicted octanol–water partition coefficient (Wildman–Crippen LogP) is 14.7. The van der Waals surface area contributed by atoms with Crippen molar-refractivity contribution in [2.45, 2.75) is 52.9 Å². The van der Waals surface area contributed by atoms with E-state index in [0.29, 0.717) is 0 Å². The van der Waals surface area contributed by atoms with Crippen LogP contribution in [0, 0.1) is 6.92 Å². The Bertz CT molecular complexity index is 2800. The molecule has 0 radical (unpaired) electrons. The molecule has 10 rings (SSSR count). The van der Waals surface area contributed by atoms with E-state index in [0.717, 1.165) is 24.2 Å². The Morgan fingerprint density at radius 2 is 1.38 bits per heavy atom. The third-order valence-electron chi connectivity index (χ3n) is 11.6. The molecule has 2 aromatic heterocycles. The lowest BCUT2D eigenvalue weighted by molar-refractivity contribution is 0.748. The van der Waals surface area contributed by atoms with E-state index in [1.54, 1.807) is 0 Å². The molecule has 1 aliphatic carbocycles. The largest absolute Gasteiger partial charge is 0.309 e. The maximum atomic E-state index is 4.24. The number of aromatic nitrogens is 1. The van der Waals surface area contributed by atoms with Gasteiger partial charge in [-0.1, -0.05) is 149 Å². The molecule has 3 heteroatoms. The first-order chi connectivity index (χ1) is 27.1. The van der Waals surface area contributed by atoms with E-state index in [-0.39, 0.29) is 0 Å². The number of para-hydroxylation sites is 4. The van der Waals surface area contributed by atoms with Crippen LogP contribution in [-0.4, -0.2) is 4.57 Å². The van der Waals surface area contributed by atoms with E-state index in [1.165, 1.54) is 87.5 Å². The van der Waals surface area contributed by atoms with Crippen molar-refractivity contribution >= 4 is 56.3 Å². The highest BCUT2D eigenvalue weighted by molar-refractivity contribution is 7.13. The van der Waals surface area contributed by atoms with Crippen LogP contribution in [0.25, 0.3) is 50.4 Å². The third kappa shape index (κ3) is 4.86. The monoisotopic (exact) mass is 730 g/mol. The van der Waals surface area contributed by atoms with E-state index < -0.39 is 5.41 Å². The van der Waals surface area contributed by atoms with Gasteiger partial charge >= 0.3 is 0 Å². The molecule has 0 fully saturated rings. The zero-order valence-electron chi connectivity index (χ0n) is 32.4. The molecule has 3 heterocycles. The lowest BCUT2D eigenvalue weighted by atomic mass is 9.65. The second kappa shape index (κ2) is 13.7. The summed E-state index contributed by atoms with van der Waals surface area (Å²) >= 11 is 1.92. The first-order valence-electron chi connectivity index (χ1n) is 19.7. The highest BCUT2D eigenvalue weighted by Crippen LogP contribution is 2.61. The summed E-state index contributed by atoms with van der Waals surface area (Å²) in [6, 6.07) is 52.2. The number of hydrogen-bond acceptors (Lipinski definition) is 2. The van der Waals surface area contributed by atoms with Crippen molar-refractivity contribution in [3.8, 4) is 16.8 Å². The van der Waals surface area contributed by atoms with Crippen LogP contribution in [0.2, 0.25) is 0 Å². The molecule has 1 spiro atoms. The van der Waals surface area contributed by atoms with Crippen molar-refractivity contribution in [3.63, 3.8) is 0 Å². The van der Waals surface area contributed by atoms with Crippen LogP contribution in [-0.2, 0) is 11.8 Å². The van der Waals surface area contributed by atoms with Gasteiger partial charge in [0.1, 0.15) is 0 Å². The van der Waals surface area contributed by atoms with Crippen LogP contribution >= 0.6 is 11.3 Å². The summed E-state index contributed by atoms with van der Waals surface area (Å²) in [6.45, 7) is 14.9. The van der Waals surface area contributed by atoms with Crippen LogP contribution in [0.4, 0.5) is 11.4 Å². The summed E-state index contributed by atoms with van der Waals surface area (Å²) in [6.07, 6.45) is 6.50. The van der Waals surface area contributed by atoms with Gasteiger partial charge < -0.3 is 9.47 Å². The molecule has 0 N–H and O–H groups in total. The molecule has 1 atom stereocenters. The molecule has 2 aliphatic rings. The van der Waals surface area contributed by atoms with Crippen LogP contribution < -0.4 is 4.90 Å². The molecule has 6 aromatic carbocycles. The number of nitrogens with zero attached hydrogens (tertiary/aromatic N) is 2. The zero-order valence-corrected chi connectivity index (χ0v) is 33.2. The van der Waals surface area contributed by atoms with Crippen molar-refractivity contribution in [1.29, 1.82) is 0 Å². The fraction of sp³-hybridized carbons (Fsp3) is 0.154. The SMILES string of the molecule is C=Cc1c(CCC)sc(/C(=C\C)N(c2ccccc2)c2ccc3c(c2)C2(c4ccccc4-3)c3ccccc3-n3c4ccccc4c4cccc2c43)c1C.CC. The Kier molecular flexibility index (Phi) is 8.71. The zero-order chi connectivity index (χ0) is 37.8. The van der Waals surface area contributed by atoms with Gasteiger partial charge in [0.15, 0.2) is 0 Å². The lowest BCUT2D eigenvalue weighted by Crippen LogP contribution is -2.33. The van der Waals surface area contributed by atoms with E-state index in [1.807, 2.05) is 25.2 Å². The minimum atomic E-state index is -0.510. The van der Waals surface area contributed by atoms with Gasteiger partial charge in [0.2, 0.25) is 0 Å². The van der Waals surface area contributed by atoms with Gasteiger partial charge in [-0.3, -0.25) is 0 Å². The van der Waals surface area contributed by atoms with Crippen LogP contribution in [0.3, 0.4) is 0 Å². The van der Waals surface area contributed by atoms with E-state index in [4.69, 9.17) is 0 Å². The number of thiophene rings is 1. The number of anilines is 2. The Labute approximate surface area is 329 Å². The average Bonchev–Trinajstić information content (AvgIpc) is 3.85. The number of allylic oxidation sites excluding steroid dienone is 1.